The number of carboxylic acids is 1. The van der Waals surface area contributed by atoms with Crippen LogP contribution in [0.1, 0.15) is 50.5 Å². The average molecular weight is 287 g/mol. The van der Waals surface area contributed by atoms with E-state index in [0.717, 1.165) is 44.1 Å². The van der Waals surface area contributed by atoms with E-state index in [9.17, 15) is 9.59 Å². The number of hydrogen-bond donors (Lipinski definition) is 2. The molecule has 112 valence electrons. The molecule has 0 bridgehead atoms. The Balaban J connectivity index is 1.78. The van der Waals surface area contributed by atoms with Gasteiger partial charge in [0.1, 0.15) is 0 Å². The van der Waals surface area contributed by atoms with E-state index < -0.39 is 16.9 Å². The van der Waals surface area contributed by atoms with Crippen molar-refractivity contribution in [3.8, 4) is 0 Å². The predicted octanol–water partition coefficient (Wildman–Crippen LogP) is 2.62. The van der Waals surface area contributed by atoms with Gasteiger partial charge in [-0.2, -0.15) is 0 Å². The Hall–Kier alpha value is -1.84. The van der Waals surface area contributed by atoms with Crippen LogP contribution >= 0.6 is 0 Å². The molecule has 2 N–H and O–H groups in total. The summed E-state index contributed by atoms with van der Waals surface area (Å²) >= 11 is 0. The van der Waals surface area contributed by atoms with Gasteiger partial charge in [0, 0.05) is 0 Å². The Morgan fingerprint density at radius 2 is 1.67 bits per heavy atom. The van der Waals surface area contributed by atoms with Gasteiger partial charge in [-0.1, -0.05) is 43.2 Å². The number of aliphatic carboxylic acids is 1. The van der Waals surface area contributed by atoms with E-state index in [-0.39, 0.29) is 12.3 Å². The van der Waals surface area contributed by atoms with E-state index in [1.807, 2.05) is 30.3 Å². The Labute approximate surface area is 124 Å². The molecule has 0 unspecified atom stereocenters. The number of carboxylic acid groups (broad SMARTS) is 1. The lowest BCUT2D eigenvalue weighted by molar-refractivity contribution is -0.139. The lowest BCUT2D eigenvalue weighted by Gasteiger charge is -2.31. The number of nitrogens with one attached hydrogen (secondary N) is 1. The van der Waals surface area contributed by atoms with Crippen molar-refractivity contribution in [2.75, 3.05) is 0 Å². The lowest BCUT2D eigenvalue weighted by Crippen LogP contribution is -2.51. The van der Waals surface area contributed by atoms with E-state index >= 15 is 0 Å². The fraction of sp³-hybridized carbons (Fsp3) is 0.529. The van der Waals surface area contributed by atoms with Crippen LogP contribution in [0.5, 0.6) is 0 Å². The van der Waals surface area contributed by atoms with Crippen molar-refractivity contribution in [1.29, 1.82) is 0 Å². The zero-order valence-corrected chi connectivity index (χ0v) is 12.1. The topological polar surface area (TPSA) is 66.4 Å². The van der Waals surface area contributed by atoms with Crippen molar-refractivity contribution in [3.63, 3.8) is 0 Å². The first-order valence-electron chi connectivity index (χ1n) is 7.66. The third kappa shape index (κ3) is 2.67. The molecule has 2 fully saturated rings. The number of carbonyl (C=O) groups is 2. The van der Waals surface area contributed by atoms with Gasteiger partial charge >= 0.3 is 5.97 Å². The summed E-state index contributed by atoms with van der Waals surface area (Å²) in [5, 5.41) is 12.2. The van der Waals surface area contributed by atoms with Gasteiger partial charge in [-0.25, -0.2) is 0 Å². The van der Waals surface area contributed by atoms with Gasteiger partial charge in [-0.15, -0.1) is 0 Å². The van der Waals surface area contributed by atoms with Gasteiger partial charge in [0.15, 0.2) is 0 Å². The summed E-state index contributed by atoms with van der Waals surface area (Å²) in [5.74, 6) is -0.821. The molecule has 1 aromatic rings. The van der Waals surface area contributed by atoms with Gasteiger partial charge in [0.05, 0.1) is 17.4 Å². The summed E-state index contributed by atoms with van der Waals surface area (Å²) in [6.45, 7) is 0. The standard InChI is InChI=1S/C17H21NO3/c19-14(20)12-16(8-4-5-9-16)18-15(21)17(10-11-17)13-6-2-1-3-7-13/h1-3,6-7H,4-5,8-12H2,(H,18,21)(H,19,20). The second-order valence-electron chi connectivity index (χ2n) is 6.46. The fourth-order valence-electron chi connectivity index (χ4n) is 3.58. The molecular formula is C17H21NO3. The van der Waals surface area contributed by atoms with E-state index in [1.54, 1.807) is 0 Å². The lowest BCUT2D eigenvalue weighted by atomic mass is 9.89. The molecule has 1 aromatic carbocycles. The molecule has 3 rings (SSSR count). The molecule has 0 atom stereocenters. The molecule has 2 saturated carbocycles. The number of rotatable bonds is 5. The molecule has 0 aliphatic heterocycles. The molecular weight excluding hydrogens is 266 g/mol. The first kappa shape index (κ1) is 14.1. The minimum atomic E-state index is -0.832. The largest absolute Gasteiger partial charge is 0.481 e. The molecule has 2 aliphatic carbocycles. The third-order valence-electron chi connectivity index (χ3n) is 4.94. The van der Waals surface area contributed by atoms with Gasteiger partial charge in [0.25, 0.3) is 0 Å². The summed E-state index contributed by atoms with van der Waals surface area (Å²) in [6.07, 6.45) is 5.27. The van der Waals surface area contributed by atoms with Gasteiger partial charge in [-0.3, -0.25) is 9.59 Å². The van der Waals surface area contributed by atoms with Crippen LogP contribution < -0.4 is 5.32 Å². The van der Waals surface area contributed by atoms with Crippen LogP contribution in [0.25, 0.3) is 0 Å². The minimum absolute atomic E-state index is 0.0110. The van der Waals surface area contributed by atoms with Crippen LogP contribution in [-0.4, -0.2) is 22.5 Å². The Kier molecular flexibility index (Phi) is 3.47. The molecule has 4 nitrogen and oxygen atoms in total. The maximum absolute atomic E-state index is 12.8. The monoisotopic (exact) mass is 287 g/mol. The van der Waals surface area contributed by atoms with Crippen molar-refractivity contribution >= 4 is 11.9 Å². The molecule has 0 spiro atoms. The van der Waals surface area contributed by atoms with Crippen molar-refractivity contribution < 1.29 is 14.7 Å². The molecule has 2 aliphatic rings. The molecule has 4 heteroatoms. The zero-order chi connectivity index (χ0) is 14.9. The van der Waals surface area contributed by atoms with Gasteiger partial charge < -0.3 is 10.4 Å². The second kappa shape index (κ2) is 5.17. The summed E-state index contributed by atoms with van der Waals surface area (Å²) in [5.41, 5.74) is 0.0915. The number of benzene rings is 1. The number of carbonyl (C=O) groups excluding carboxylic acids is 1. The molecule has 0 saturated heterocycles. The normalized spacial score (nSPS) is 21.7. The third-order valence-corrected chi connectivity index (χ3v) is 4.94. The summed E-state index contributed by atoms with van der Waals surface area (Å²) in [4.78, 5) is 23.9. The Morgan fingerprint density at radius 3 is 2.19 bits per heavy atom. The van der Waals surface area contributed by atoms with E-state index in [2.05, 4.69) is 5.32 Å². The van der Waals surface area contributed by atoms with Crippen LogP contribution in [0.2, 0.25) is 0 Å². The molecule has 0 radical (unpaired) electrons. The maximum atomic E-state index is 12.8. The van der Waals surface area contributed by atoms with E-state index in [0.29, 0.717) is 0 Å². The highest BCUT2D eigenvalue weighted by atomic mass is 16.4. The van der Waals surface area contributed by atoms with Crippen molar-refractivity contribution in [2.24, 2.45) is 0 Å². The van der Waals surface area contributed by atoms with Crippen molar-refractivity contribution in [3.05, 3.63) is 35.9 Å². The van der Waals surface area contributed by atoms with Crippen LogP contribution in [0.3, 0.4) is 0 Å². The van der Waals surface area contributed by atoms with Crippen molar-refractivity contribution in [2.45, 2.75) is 55.9 Å². The number of hydrogen-bond acceptors (Lipinski definition) is 2. The highest BCUT2D eigenvalue weighted by Crippen LogP contribution is 2.49. The molecule has 0 aromatic heterocycles. The summed E-state index contributed by atoms with van der Waals surface area (Å²) in [7, 11) is 0. The summed E-state index contributed by atoms with van der Waals surface area (Å²) in [6, 6.07) is 9.83. The SMILES string of the molecule is O=C(O)CC1(NC(=O)C2(c3ccccc3)CC2)CCCC1. The quantitative estimate of drug-likeness (QED) is 0.875. The highest BCUT2D eigenvalue weighted by Gasteiger charge is 2.53. The van der Waals surface area contributed by atoms with Crippen LogP contribution in [0.15, 0.2) is 30.3 Å². The van der Waals surface area contributed by atoms with Gasteiger partial charge in [-0.05, 0) is 31.2 Å². The molecule has 0 heterocycles. The fourth-order valence-corrected chi connectivity index (χ4v) is 3.58. The summed E-state index contributed by atoms with van der Waals surface area (Å²) < 4.78 is 0. The Bertz CT molecular complexity index is 542. The average Bonchev–Trinajstić information content (AvgIpc) is 3.16. The molecule has 1 amide bonds. The maximum Gasteiger partial charge on any atom is 0.305 e. The van der Waals surface area contributed by atoms with Crippen molar-refractivity contribution in [1.82, 2.24) is 5.32 Å². The van der Waals surface area contributed by atoms with E-state index in [4.69, 9.17) is 5.11 Å². The minimum Gasteiger partial charge on any atom is -0.481 e. The van der Waals surface area contributed by atoms with Crippen LogP contribution in [-0.2, 0) is 15.0 Å². The first-order chi connectivity index (χ1) is 10.1. The van der Waals surface area contributed by atoms with Gasteiger partial charge in [0.2, 0.25) is 5.91 Å². The predicted molar refractivity (Wildman–Crippen MR) is 78.9 cm³/mol. The highest BCUT2D eigenvalue weighted by molar-refractivity contribution is 5.92. The second-order valence-corrected chi connectivity index (χ2v) is 6.46. The zero-order valence-electron chi connectivity index (χ0n) is 12.1. The van der Waals surface area contributed by atoms with Crippen LogP contribution in [0.4, 0.5) is 0 Å². The van der Waals surface area contributed by atoms with E-state index in [1.165, 1.54) is 0 Å². The molecule has 21 heavy (non-hydrogen) atoms. The number of amides is 1. The van der Waals surface area contributed by atoms with Crippen LogP contribution in [0, 0.1) is 0 Å². The first-order valence-corrected chi connectivity index (χ1v) is 7.66. The Morgan fingerprint density at radius 1 is 1.05 bits per heavy atom. The smallest absolute Gasteiger partial charge is 0.305 e.